The minimum Gasteiger partial charge on any atom is -0.493 e. The van der Waals surface area contributed by atoms with E-state index in [1.54, 1.807) is 11.8 Å². The molecule has 0 saturated heterocycles. The van der Waals surface area contributed by atoms with Crippen LogP contribution in [0.3, 0.4) is 0 Å². The van der Waals surface area contributed by atoms with Crippen LogP contribution in [0.4, 0.5) is 0 Å². The van der Waals surface area contributed by atoms with Gasteiger partial charge in [0, 0.05) is 63.9 Å². The fourth-order valence-electron chi connectivity index (χ4n) is 6.51. The van der Waals surface area contributed by atoms with E-state index in [9.17, 15) is 9.90 Å². The largest absolute Gasteiger partial charge is 0.493 e. The number of carboxylic acids is 1. The molecule has 1 N–H and O–H groups in total. The number of carbonyl (C=O) groups is 1. The van der Waals surface area contributed by atoms with Crippen molar-refractivity contribution in [1.29, 1.82) is 0 Å². The molecule has 1 aliphatic rings. The number of hydrogen-bond acceptors (Lipinski definition) is 5. The number of aromatic carboxylic acids is 1. The molecular weight excluding hydrogens is 606 g/mol. The summed E-state index contributed by atoms with van der Waals surface area (Å²) >= 11 is 8.73. The second-order valence-corrected chi connectivity index (χ2v) is 13.1. The number of rotatable bonds is 1. The maximum absolute atomic E-state index is 12.7. The van der Waals surface area contributed by atoms with Gasteiger partial charge in [-0.1, -0.05) is 35.9 Å². The zero-order valence-electron chi connectivity index (χ0n) is 25.5. The quantitative estimate of drug-likeness (QED) is 0.195. The second kappa shape index (κ2) is 11.9. The third kappa shape index (κ3) is 5.38. The normalized spacial score (nSPS) is 14.3. The van der Waals surface area contributed by atoms with E-state index in [0.29, 0.717) is 36.7 Å². The Morgan fingerprint density at radius 2 is 1.87 bits per heavy atom. The molecule has 0 aliphatic carbocycles. The van der Waals surface area contributed by atoms with Crippen molar-refractivity contribution >= 4 is 51.0 Å². The first-order valence-electron chi connectivity index (χ1n) is 15.2. The topological polar surface area (TPSA) is 87.1 Å². The standard InChI is InChI=1S/C35H34ClN5O3S/c1-21-23(3)38-41-14-6-12-39-19-24(18-37-39)20-45-26-16-25-8-4-5-9-27(25)30(17-26)44-15-7-13-40-29-11-10-28(36)32(33(21)41)31(29)22(2)34(40)35(42)43/h4-5,8-11,16-19H,6-7,12-15,20H2,1-3H3,(H,42,43). The summed E-state index contributed by atoms with van der Waals surface area (Å²) in [5.74, 6) is 0.670. The van der Waals surface area contributed by atoms with Crippen molar-refractivity contribution in [3.05, 3.63) is 94.0 Å². The van der Waals surface area contributed by atoms with Crippen molar-refractivity contribution in [2.75, 3.05) is 6.61 Å². The van der Waals surface area contributed by atoms with Crippen molar-refractivity contribution in [3.8, 4) is 17.0 Å². The summed E-state index contributed by atoms with van der Waals surface area (Å²) in [6, 6.07) is 16.4. The van der Waals surface area contributed by atoms with Gasteiger partial charge in [0.15, 0.2) is 0 Å². The molecule has 0 spiro atoms. The molecule has 0 fully saturated rings. The lowest BCUT2D eigenvalue weighted by molar-refractivity contribution is 0.0684. The van der Waals surface area contributed by atoms with Crippen molar-refractivity contribution in [2.24, 2.45) is 0 Å². The number of hydrogen-bond donors (Lipinski definition) is 1. The van der Waals surface area contributed by atoms with Crippen LogP contribution in [0.15, 0.2) is 65.8 Å². The Hall–Kier alpha value is -4.21. The second-order valence-electron chi connectivity index (χ2n) is 11.6. The number of aromatic nitrogens is 5. The van der Waals surface area contributed by atoms with Gasteiger partial charge >= 0.3 is 5.97 Å². The van der Waals surface area contributed by atoms with E-state index in [-0.39, 0.29) is 5.69 Å². The predicted molar refractivity (Wildman–Crippen MR) is 180 cm³/mol. The molecule has 10 heteroatoms. The first-order chi connectivity index (χ1) is 21.8. The highest BCUT2D eigenvalue weighted by molar-refractivity contribution is 7.98. The number of thioether (sulfide) groups is 1. The molecule has 0 amide bonds. The Labute approximate surface area is 270 Å². The smallest absolute Gasteiger partial charge is 0.352 e. The molecule has 1 aliphatic heterocycles. The Bertz CT molecular complexity index is 2090. The predicted octanol–water partition coefficient (Wildman–Crippen LogP) is 8.30. The zero-order valence-corrected chi connectivity index (χ0v) is 27.1. The van der Waals surface area contributed by atoms with Crippen molar-refractivity contribution in [2.45, 2.75) is 63.9 Å². The number of halogens is 1. The summed E-state index contributed by atoms with van der Waals surface area (Å²) in [5, 5.41) is 23.5. The van der Waals surface area contributed by atoms with Gasteiger partial charge in [0.05, 0.1) is 29.2 Å². The number of nitrogens with zero attached hydrogens (tertiary/aromatic N) is 5. The van der Waals surface area contributed by atoms with Crippen LogP contribution in [-0.4, -0.2) is 41.8 Å². The summed E-state index contributed by atoms with van der Waals surface area (Å²) in [7, 11) is 0. The number of carboxylic acid groups (broad SMARTS) is 1. The summed E-state index contributed by atoms with van der Waals surface area (Å²) in [4.78, 5) is 13.8. The molecule has 7 rings (SSSR count). The molecule has 0 radical (unpaired) electrons. The van der Waals surface area contributed by atoms with Crippen LogP contribution in [0.5, 0.6) is 5.75 Å². The Morgan fingerprint density at radius 1 is 1.02 bits per heavy atom. The van der Waals surface area contributed by atoms with Gasteiger partial charge in [-0.25, -0.2) is 4.79 Å². The number of benzene rings is 3. The van der Waals surface area contributed by atoms with E-state index >= 15 is 0 Å². The first kappa shape index (κ1) is 29.5. The number of ether oxygens (including phenoxy) is 1. The van der Waals surface area contributed by atoms with E-state index in [1.165, 1.54) is 5.56 Å². The van der Waals surface area contributed by atoms with Crippen LogP contribution < -0.4 is 4.74 Å². The van der Waals surface area contributed by atoms with Gasteiger partial charge in [0.25, 0.3) is 0 Å². The van der Waals surface area contributed by atoms with Crippen LogP contribution >= 0.6 is 23.4 Å². The lowest BCUT2D eigenvalue weighted by Crippen LogP contribution is -2.12. The highest BCUT2D eigenvalue weighted by Crippen LogP contribution is 2.42. The van der Waals surface area contributed by atoms with Gasteiger partial charge in [-0.3, -0.25) is 9.36 Å². The highest BCUT2D eigenvalue weighted by atomic mass is 35.5. The summed E-state index contributed by atoms with van der Waals surface area (Å²) in [6.07, 6.45) is 5.51. The monoisotopic (exact) mass is 639 g/mol. The van der Waals surface area contributed by atoms with Crippen LogP contribution in [0.2, 0.25) is 5.02 Å². The van der Waals surface area contributed by atoms with Gasteiger partial charge in [0.1, 0.15) is 11.4 Å². The van der Waals surface area contributed by atoms with Gasteiger partial charge in [-0.15, -0.1) is 11.8 Å². The van der Waals surface area contributed by atoms with Crippen LogP contribution in [0.25, 0.3) is 32.9 Å². The van der Waals surface area contributed by atoms with Gasteiger partial charge in [-0.2, -0.15) is 10.2 Å². The molecule has 6 aromatic rings. The van der Waals surface area contributed by atoms with Gasteiger partial charge < -0.3 is 14.4 Å². The zero-order chi connectivity index (χ0) is 31.2. The number of fused-ring (bicyclic) bond motifs is 8. The Kier molecular flexibility index (Phi) is 7.83. The minimum absolute atomic E-state index is 0.273. The molecule has 230 valence electrons. The van der Waals surface area contributed by atoms with Crippen molar-refractivity contribution < 1.29 is 14.6 Å². The minimum atomic E-state index is -0.961. The third-order valence-electron chi connectivity index (χ3n) is 8.72. The third-order valence-corrected chi connectivity index (χ3v) is 10.1. The van der Waals surface area contributed by atoms with Crippen molar-refractivity contribution in [3.63, 3.8) is 0 Å². The molecule has 8 nitrogen and oxygen atoms in total. The van der Waals surface area contributed by atoms with Crippen LogP contribution in [-0.2, 0) is 25.4 Å². The summed E-state index contributed by atoms with van der Waals surface area (Å²) in [5.41, 5.74) is 6.69. The Morgan fingerprint density at radius 3 is 2.71 bits per heavy atom. The maximum atomic E-state index is 12.7. The Balaban J connectivity index is 1.35. The highest BCUT2D eigenvalue weighted by Gasteiger charge is 2.26. The van der Waals surface area contributed by atoms with Crippen LogP contribution in [0, 0.1) is 20.8 Å². The molecule has 8 bridgehead atoms. The maximum Gasteiger partial charge on any atom is 0.352 e. The summed E-state index contributed by atoms with van der Waals surface area (Å²) < 4.78 is 12.3. The molecule has 0 unspecified atom stereocenters. The average Bonchev–Trinajstić information content (AvgIpc) is 3.68. The van der Waals surface area contributed by atoms with E-state index in [4.69, 9.17) is 21.4 Å². The lowest BCUT2D eigenvalue weighted by Gasteiger charge is -2.14. The molecule has 0 atom stereocenters. The SMILES string of the molecule is Cc1nn2c(c1C)-c1c(Cl)ccc3c1c(C)c(C(=O)O)n3CCCOc1cc(cc3ccccc13)SCc1cnn(c1)CCC2. The van der Waals surface area contributed by atoms with E-state index in [2.05, 4.69) is 42.5 Å². The van der Waals surface area contributed by atoms with Crippen molar-refractivity contribution in [1.82, 2.24) is 24.1 Å². The van der Waals surface area contributed by atoms with Crippen LogP contribution in [0.1, 0.15) is 45.7 Å². The molecule has 3 aromatic carbocycles. The average molecular weight is 640 g/mol. The molecular formula is C35H34ClN5O3S. The summed E-state index contributed by atoms with van der Waals surface area (Å²) in [6.45, 7) is 8.28. The molecule has 4 heterocycles. The van der Waals surface area contributed by atoms with E-state index < -0.39 is 5.97 Å². The molecule has 3 aromatic heterocycles. The van der Waals surface area contributed by atoms with E-state index in [1.807, 2.05) is 58.2 Å². The molecule has 0 saturated carbocycles. The first-order valence-corrected chi connectivity index (χ1v) is 16.5. The van der Waals surface area contributed by atoms with E-state index in [0.717, 1.165) is 73.6 Å². The number of aryl methyl sites for hydroxylation is 5. The fourth-order valence-corrected chi connectivity index (χ4v) is 7.64. The molecule has 45 heavy (non-hydrogen) atoms. The van der Waals surface area contributed by atoms with Gasteiger partial charge in [0.2, 0.25) is 0 Å². The fraction of sp³-hybridized carbons (Fsp3) is 0.286. The van der Waals surface area contributed by atoms with Gasteiger partial charge in [-0.05, 0) is 74.4 Å². The lowest BCUT2D eigenvalue weighted by atomic mass is 9.99.